The molecule has 3 N–H and O–H groups in total. The van der Waals surface area contributed by atoms with Crippen molar-refractivity contribution in [3.8, 4) is 5.69 Å². The van der Waals surface area contributed by atoms with Gasteiger partial charge in [-0.05, 0) is 68.6 Å². The first-order valence-corrected chi connectivity index (χ1v) is 14.8. The molecule has 0 amide bonds. The lowest BCUT2D eigenvalue weighted by Crippen LogP contribution is -2.14. The van der Waals surface area contributed by atoms with Crippen LogP contribution in [0.1, 0.15) is 22.7 Å². The van der Waals surface area contributed by atoms with Crippen LogP contribution in [0.15, 0.2) is 152 Å². The second kappa shape index (κ2) is 10.5. The molecule has 3 heteroatoms. The van der Waals surface area contributed by atoms with Gasteiger partial charge in [0.25, 0.3) is 0 Å². The molecule has 206 valence electrons. The average Bonchev–Trinajstić information content (AvgIpc) is 3.43. The van der Waals surface area contributed by atoms with Crippen molar-refractivity contribution in [1.82, 2.24) is 4.57 Å². The molecule has 0 bridgehead atoms. The van der Waals surface area contributed by atoms with Gasteiger partial charge in [0.1, 0.15) is 0 Å². The van der Waals surface area contributed by atoms with Crippen LogP contribution in [0.25, 0.3) is 49.0 Å². The zero-order valence-corrected chi connectivity index (χ0v) is 23.7. The largest absolute Gasteiger partial charge is 0.381 e. The summed E-state index contributed by atoms with van der Waals surface area (Å²) in [6, 6.07) is 53.8. The van der Waals surface area contributed by atoms with E-state index in [9.17, 15) is 0 Å². The average molecular weight is 554 g/mol. The maximum absolute atomic E-state index is 6.72. The van der Waals surface area contributed by atoms with Crippen molar-refractivity contribution in [2.24, 2.45) is 5.73 Å². The fraction of sp³-hybridized carbons (Fsp3) is 0.0500. The summed E-state index contributed by atoms with van der Waals surface area (Å²) in [7, 11) is 0. The number of rotatable bonds is 6. The monoisotopic (exact) mass is 553 g/mol. The molecular weight excluding hydrogens is 522 g/mol. The van der Waals surface area contributed by atoms with Crippen LogP contribution in [0.4, 0.5) is 5.69 Å². The van der Waals surface area contributed by atoms with Crippen LogP contribution in [0, 0.1) is 0 Å². The molecule has 0 spiro atoms. The highest BCUT2D eigenvalue weighted by atomic mass is 15.0. The van der Waals surface area contributed by atoms with Crippen LogP contribution < -0.4 is 11.1 Å². The molecule has 8 rings (SSSR count). The molecule has 1 atom stereocenters. The van der Waals surface area contributed by atoms with Gasteiger partial charge in [-0.2, -0.15) is 0 Å². The molecular formula is C40H31N3. The Labute approximate surface area is 250 Å². The predicted octanol–water partition coefficient (Wildman–Crippen LogP) is 9.75. The normalized spacial score (nSPS) is 12.3. The molecule has 1 unspecified atom stereocenters. The number of hydrogen-bond donors (Lipinski definition) is 2. The molecule has 1 heterocycles. The standard InChI is InChI=1S/C40H31N3/c41-40(30-14-2-1-3-15-30)34-19-8-9-20-35(34)42-26-27-11-10-16-31(25-27)43-36-23-21-28-12-4-6-17-32(28)38(36)39-33-18-7-5-13-29(33)22-24-37(39)43/h1-25,40,42H,26,41H2. The lowest BCUT2D eigenvalue weighted by atomic mass is 9.98. The molecule has 0 fully saturated rings. The quantitative estimate of drug-likeness (QED) is 0.215. The van der Waals surface area contributed by atoms with Gasteiger partial charge in [-0.15, -0.1) is 0 Å². The number of benzene rings is 7. The molecule has 0 saturated heterocycles. The van der Waals surface area contributed by atoms with Gasteiger partial charge in [0.15, 0.2) is 0 Å². The van der Waals surface area contributed by atoms with Crippen molar-refractivity contribution in [3.05, 3.63) is 168 Å². The number of nitrogens with zero attached hydrogens (tertiary/aromatic N) is 1. The summed E-state index contributed by atoms with van der Waals surface area (Å²) < 4.78 is 2.42. The van der Waals surface area contributed by atoms with Gasteiger partial charge in [0.05, 0.1) is 17.1 Å². The SMILES string of the molecule is NC(c1ccccc1)c1ccccc1NCc1cccc(-n2c3ccc4ccccc4c3c3c4ccccc4ccc32)c1. The highest BCUT2D eigenvalue weighted by molar-refractivity contribution is 6.28. The lowest BCUT2D eigenvalue weighted by molar-refractivity contribution is 0.870. The second-order valence-electron chi connectivity index (χ2n) is 11.2. The fourth-order valence-corrected chi connectivity index (χ4v) is 6.60. The third-order valence-corrected chi connectivity index (χ3v) is 8.65. The fourth-order valence-electron chi connectivity index (χ4n) is 6.60. The van der Waals surface area contributed by atoms with E-state index in [1.807, 2.05) is 18.2 Å². The third kappa shape index (κ3) is 4.34. The Kier molecular flexibility index (Phi) is 6.17. The molecule has 0 aliphatic rings. The second-order valence-corrected chi connectivity index (χ2v) is 11.2. The first-order valence-electron chi connectivity index (χ1n) is 14.8. The van der Waals surface area contributed by atoms with Gasteiger partial charge in [-0.25, -0.2) is 0 Å². The molecule has 7 aromatic carbocycles. The van der Waals surface area contributed by atoms with E-state index in [-0.39, 0.29) is 6.04 Å². The summed E-state index contributed by atoms with van der Waals surface area (Å²) in [6.45, 7) is 0.690. The summed E-state index contributed by atoms with van der Waals surface area (Å²) >= 11 is 0. The number of nitrogens with two attached hydrogens (primary N) is 1. The molecule has 43 heavy (non-hydrogen) atoms. The van der Waals surface area contributed by atoms with E-state index in [0.717, 1.165) is 22.5 Å². The number of hydrogen-bond acceptors (Lipinski definition) is 2. The van der Waals surface area contributed by atoms with Gasteiger partial charge >= 0.3 is 0 Å². The Balaban J connectivity index is 1.23. The number of nitrogens with one attached hydrogen (secondary N) is 1. The molecule has 0 radical (unpaired) electrons. The minimum atomic E-state index is -0.196. The molecule has 0 aliphatic heterocycles. The van der Waals surface area contributed by atoms with Crippen molar-refractivity contribution in [1.29, 1.82) is 0 Å². The third-order valence-electron chi connectivity index (χ3n) is 8.65. The summed E-state index contributed by atoms with van der Waals surface area (Å²) in [6.07, 6.45) is 0. The molecule has 3 nitrogen and oxygen atoms in total. The molecule has 8 aromatic rings. The van der Waals surface area contributed by atoms with Crippen molar-refractivity contribution < 1.29 is 0 Å². The maximum Gasteiger partial charge on any atom is 0.0572 e. The number of fused-ring (bicyclic) bond motifs is 7. The van der Waals surface area contributed by atoms with Crippen molar-refractivity contribution in [3.63, 3.8) is 0 Å². The number of aromatic nitrogens is 1. The Morgan fingerprint density at radius 1 is 0.558 bits per heavy atom. The summed E-state index contributed by atoms with van der Waals surface area (Å²) in [5.74, 6) is 0. The predicted molar refractivity (Wildman–Crippen MR) is 182 cm³/mol. The van der Waals surface area contributed by atoms with Gasteiger partial charge in [0.2, 0.25) is 0 Å². The summed E-state index contributed by atoms with van der Waals surface area (Å²) in [5, 5.41) is 11.4. The van der Waals surface area contributed by atoms with Gasteiger partial charge in [-0.3, -0.25) is 0 Å². The van der Waals surface area contributed by atoms with Crippen LogP contribution in [-0.4, -0.2) is 4.57 Å². The summed E-state index contributed by atoms with van der Waals surface area (Å²) in [4.78, 5) is 0. The molecule has 1 aromatic heterocycles. The van der Waals surface area contributed by atoms with Crippen LogP contribution in [0.5, 0.6) is 0 Å². The zero-order valence-electron chi connectivity index (χ0n) is 23.7. The van der Waals surface area contributed by atoms with Gasteiger partial charge < -0.3 is 15.6 Å². The van der Waals surface area contributed by atoms with Crippen LogP contribution >= 0.6 is 0 Å². The molecule has 0 saturated carbocycles. The lowest BCUT2D eigenvalue weighted by Gasteiger charge is -2.18. The Morgan fingerprint density at radius 2 is 1.16 bits per heavy atom. The first kappa shape index (κ1) is 25.3. The van der Waals surface area contributed by atoms with Crippen molar-refractivity contribution in [2.75, 3.05) is 5.32 Å². The van der Waals surface area contributed by atoms with E-state index in [0.29, 0.717) is 6.54 Å². The van der Waals surface area contributed by atoms with E-state index in [4.69, 9.17) is 5.73 Å². The minimum Gasteiger partial charge on any atom is -0.381 e. The van der Waals surface area contributed by atoms with Crippen LogP contribution in [0.2, 0.25) is 0 Å². The summed E-state index contributed by atoms with van der Waals surface area (Å²) in [5.41, 5.74) is 14.8. The van der Waals surface area contributed by atoms with Crippen LogP contribution in [-0.2, 0) is 6.54 Å². The van der Waals surface area contributed by atoms with E-state index < -0.39 is 0 Å². The first-order chi connectivity index (χ1) is 21.3. The van der Waals surface area contributed by atoms with E-state index >= 15 is 0 Å². The van der Waals surface area contributed by atoms with E-state index in [2.05, 4.69) is 143 Å². The van der Waals surface area contributed by atoms with E-state index in [1.54, 1.807) is 0 Å². The van der Waals surface area contributed by atoms with Crippen molar-refractivity contribution >= 4 is 49.0 Å². The zero-order chi connectivity index (χ0) is 28.8. The minimum absolute atomic E-state index is 0.196. The topological polar surface area (TPSA) is 43.0 Å². The van der Waals surface area contributed by atoms with E-state index in [1.165, 1.54) is 48.9 Å². The molecule has 0 aliphatic carbocycles. The Hall–Kier alpha value is -5.38. The number of para-hydroxylation sites is 1. The van der Waals surface area contributed by atoms with Gasteiger partial charge in [-0.1, -0.05) is 121 Å². The Morgan fingerprint density at radius 3 is 1.86 bits per heavy atom. The van der Waals surface area contributed by atoms with Crippen molar-refractivity contribution in [2.45, 2.75) is 12.6 Å². The highest BCUT2D eigenvalue weighted by Crippen LogP contribution is 2.40. The maximum atomic E-state index is 6.72. The van der Waals surface area contributed by atoms with Gasteiger partial charge in [0, 0.05) is 28.7 Å². The van der Waals surface area contributed by atoms with Crippen LogP contribution in [0.3, 0.4) is 0 Å². The smallest absolute Gasteiger partial charge is 0.0572 e. The highest BCUT2D eigenvalue weighted by Gasteiger charge is 2.17. The number of anilines is 1. The Bertz CT molecular complexity index is 2170.